The summed E-state index contributed by atoms with van der Waals surface area (Å²) in [6, 6.07) is 8.52. The molecule has 1 aromatic rings. The fraction of sp³-hybridized carbons (Fsp3) is 0.273. The van der Waals surface area contributed by atoms with Gasteiger partial charge in [0.25, 0.3) is 0 Å². The van der Waals surface area contributed by atoms with Crippen molar-refractivity contribution in [2.24, 2.45) is 5.73 Å². The fourth-order valence-corrected chi connectivity index (χ4v) is 1.64. The zero-order valence-corrected chi connectivity index (χ0v) is 9.53. The zero-order chi connectivity index (χ0) is 12.2. The maximum absolute atomic E-state index is 11.6. The van der Waals surface area contributed by atoms with Gasteiger partial charge in [0.15, 0.2) is 0 Å². The molecular formula is C11H12ClNO3. The average Bonchev–Trinajstić information content (AvgIpc) is 2.28. The molecule has 0 aliphatic rings. The smallest absolute Gasteiger partial charge is 0.331 e. The number of carbonyl (C=O) groups excluding carboxylic acids is 2. The van der Waals surface area contributed by atoms with Gasteiger partial charge in [-0.25, -0.2) is 4.79 Å². The maximum Gasteiger partial charge on any atom is 0.331 e. The molecule has 0 aliphatic carbocycles. The van der Waals surface area contributed by atoms with E-state index in [1.807, 2.05) is 0 Å². The summed E-state index contributed by atoms with van der Waals surface area (Å²) in [6.07, 6.45) is -0.300. The lowest BCUT2D eigenvalue weighted by Crippen LogP contribution is -2.46. The molecule has 0 fully saturated rings. The Morgan fingerprint density at radius 1 is 1.38 bits per heavy atom. The molecule has 0 aliphatic heterocycles. The van der Waals surface area contributed by atoms with Gasteiger partial charge < -0.3 is 10.5 Å². The molecule has 2 N–H and O–H groups in total. The van der Waals surface area contributed by atoms with E-state index in [0.717, 1.165) is 0 Å². The van der Waals surface area contributed by atoms with Gasteiger partial charge in [-0.1, -0.05) is 30.3 Å². The number of ether oxygens (including phenoxy) is 1. The van der Waals surface area contributed by atoms with E-state index in [2.05, 4.69) is 4.74 Å². The predicted octanol–water partition coefficient (Wildman–Crippen LogP) is 1.17. The Balaban J connectivity index is 3.14. The molecule has 0 saturated heterocycles. The van der Waals surface area contributed by atoms with Crippen molar-refractivity contribution in [3.63, 3.8) is 0 Å². The van der Waals surface area contributed by atoms with Crippen LogP contribution in [-0.2, 0) is 19.9 Å². The summed E-state index contributed by atoms with van der Waals surface area (Å²) in [6.45, 7) is 0. The molecule has 0 amide bonds. The third-order valence-corrected chi connectivity index (χ3v) is 2.39. The van der Waals surface area contributed by atoms with Gasteiger partial charge in [0.2, 0.25) is 5.24 Å². The molecule has 0 aromatic heterocycles. The van der Waals surface area contributed by atoms with Crippen LogP contribution >= 0.6 is 11.6 Å². The highest BCUT2D eigenvalue weighted by molar-refractivity contribution is 6.63. The van der Waals surface area contributed by atoms with Crippen LogP contribution in [0.2, 0.25) is 0 Å². The van der Waals surface area contributed by atoms with Crippen LogP contribution in [-0.4, -0.2) is 18.3 Å². The van der Waals surface area contributed by atoms with E-state index in [9.17, 15) is 9.59 Å². The molecule has 1 atom stereocenters. The molecule has 0 bridgehead atoms. The summed E-state index contributed by atoms with van der Waals surface area (Å²) in [5.41, 5.74) is 4.87. The average molecular weight is 242 g/mol. The lowest BCUT2D eigenvalue weighted by Gasteiger charge is -2.25. The van der Waals surface area contributed by atoms with Crippen molar-refractivity contribution >= 4 is 22.8 Å². The second-order valence-electron chi connectivity index (χ2n) is 3.36. The molecule has 1 rings (SSSR count). The first-order valence-electron chi connectivity index (χ1n) is 4.62. The quantitative estimate of drug-likeness (QED) is 0.635. The molecule has 86 valence electrons. The number of carbonyl (C=O) groups is 2. The fourth-order valence-electron chi connectivity index (χ4n) is 1.43. The minimum atomic E-state index is -1.52. The Labute approximate surface area is 98.3 Å². The maximum atomic E-state index is 11.6. The molecule has 1 unspecified atom stereocenters. The minimum Gasteiger partial charge on any atom is -0.467 e. The predicted molar refractivity (Wildman–Crippen MR) is 59.8 cm³/mol. The van der Waals surface area contributed by atoms with Crippen LogP contribution in [0.25, 0.3) is 0 Å². The lowest BCUT2D eigenvalue weighted by molar-refractivity contribution is -0.148. The summed E-state index contributed by atoms with van der Waals surface area (Å²) in [4.78, 5) is 22.5. The van der Waals surface area contributed by atoms with Crippen molar-refractivity contribution in [1.82, 2.24) is 0 Å². The van der Waals surface area contributed by atoms with Crippen LogP contribution in [0.4, 0.5) is 0 Å². The SMILES string of the molecule is COC(=O)C(N)(CC(=O)Cl)c1ccccc1. The summed E-state index contributed by atoms with van der Waals surface area (Å²) >= 11 is 5.29. The first-order chi connectivity index (χ1) is 7.50. The van der Waals surface area contributed by atoms with Crippen LogP contribution in [0.3, 0.4) is 0 Å². The third-order valence-electron chi connectivity index (χ3n) is 2.26. The monoisotopic (exact) mass is 241 g/mol. The molecule has 1 aromatic carbocycles. The van der Waals surface area contributed by atoms with Crippen LogP contribution < -0.4 is 5.73 Å². The van der Waals surface area contributed by atoms with E-state index in [1.54, 1.807) is 30.3 Å². The zero-order valence-electron chi connectivity index (χ0n) is 8.77. The molecule has 0 heterocycles. The first kappa shape index (κ1) is 12.7. The summed E-state index contributed by atoms with van der Waals surface area (Å²) < 4.78 is 4.60. The number of hydrogen-bond acceptors (Lipinski definition) is 4. The number of rotatable bonds is 4. The van der Waals surface area contributed by atoms with Crippen molar-refractivity contribution in [3.8, 4) is 0 Å². The Morgan fingerprint density at radius 3 is 2.38 bits per heavy atom. The number of hydrogen-bond donors (Lipinski definition) is 1. The van der Waals surface area contributed by atoms with E-state index in [4.69, 9.17) is 17.3 Å². The largest absolute Gasteiger partial charge is 0.467 e. The molecule has 0 radical (unpaired) electrons. The second-order valence-corrected chi connectivity index (χ2v) is 3.78. The highest BCUT2D eigenvalue weighted by Gasteiger charge is 2.38. The normalized spacial score (nSPS) is 13.9. The van der Waals surface area contributed by atoms with Gasteiger partial charge in [0, 0.05) is 0 Å². The number of esters is 1. The Hall–Kier alpha value is -1.39. The van der Waals surface area contributed by atoms with Gasteiger partial charge in [-0.2, -0.15) is 0 Å². The first-order valence-corrected chi connectivity index (χ1v) is 4.99. The lowest BCUT2D eigenvalue weighted by atomic mass is 9.88. The van der Waals surface area contributed by atoms with Crippen molar-refractivity contribution < 1.29 is 14.3 Å². The number of halogens is 1. The molecule has 0 spiro atoms. The summed E-state index contributed by atoms with van der Waals surface area (Å²) in [5, 5.41) is -0.684. The van der Waals surface area contributed by atoms with Crippen LogP contribution in [0.15, 0.2) is 30.3 Å². The Morgan fingerprint density at radius 2 is 1.94 bits per heavy atom. The van der Waals surface area contributed by atoms with E-state index >= 15 is 0 Å². The van der Waals surface area contributed by atoms with Gasteiger partial charge >= 0.3 is 5.97 Å². The highest BCUT2D eigenvalue weighted by Crippen LogP contribution is 2.24. The van der Waals surface area contributed by atoms with Crippen molar-refractivity contribution in [1.29, 1.82) is 0 Å². The van der Waals surface area contributed by atoms with Gasteiger partial charge in [-0.15, -0.1) is 0 Å². The van der Waals surface area contributed by atoms with E-state index < -0.39 is 16.8 Å². The van der Waals surface area contributed by atoms with Gasteiger partial charge in [-0.3, -0.25) is 4.79 Å². The molecule has 0 saturated carbocycles. The molecule has 16 heavy (non-hydrogen) atoms. The highest BCUT2D eigenvalue weighted by atomic mass is 35.5. The second kappa shape index (κ2) is 5.09. The summed E-state index contributed by atoms with van der Waals surface area (Å²) in [5.74, 6) is -0.687. The van der Waals surface area contributed by atoms with Crippen LogP contribution in [0, 0.1) is 0 Å². The van der Waals surface area contributed by atoms with E-state index in [-0.39, 0.29) is 6.42 Å². The molecule has 4 nitrogen and oxygen atoms in total. The van der Waals surface area contributed by atoms with Gasteiger partial charge in [-0.05, 0) is 17.2 Å². The van der Waals surface area contributed by atoms with Gasteiger partial charge in [0.1, 0.15) is 5.54 Å². The summed E-state index contributed by atoms with van der Waals surface area (Å²) in [7, 11) is 1.21. The van der Waals surface area contributed by atoms with E-state index in [0.29, 0.717) is 5.56 Å². The minimum absolute atomic E-state index is 0.300. The number of benzene rings is 1. The van der Waals surface area contributed by atoms with Crippen LogP contribution in [0.5, 0.6) is 0 Å². The third kappa shape index (κ3) is 2.59. The van der Waals surface area contributed by atoms with Crippen molar-refractivity contribution in [3.05, 3.63) is 35.9 Å². The Bertz CT molecular complexity index is 393. The van der Waals surface area contributed by atoms with Gasteiger partial charge in [0.05, 0.1) is 13.5 Å². The van der Waals surface area contributed by atoms with Crippen molar-refractivity contribution in [2.45, 2.75) is 12.0 Å². The number of nitrogens with two attached hydrogens (primary N) is 1. The van der Waals surface area contributed by atoms with Crippen molar-refractivity contribution in [2.75, 3.05) is 7.11 Å². The molecule has 5 heteroatoms. The molecular weight excluding hydrogens is 230 g/mol. The van der Waals surface area contributed by atoms with Crippen LogP contribution in [0.1, 0.15) is 12.0 Å². The standard InChI is InChI=1S/C11H12ClNO3/c1-16-10(15)11(13,7-9(12)14)8-5-3-2-4-6-8/h2-6H,7,13H2,1H3. The Kier molecular flexibility index (Phi) is 4.04. The topological polar surface area (TPSA) is 69.4 Å². The van der Waals surface area contributed by atoms with E-state index in [1.165, 1.54) is 7.11 Å². The number of methoxy groups -OCH3 is 1.